The van der Waals surface area contributed by atoms with E-state index in [9.17, 15) is 0 Å². The van der Waals surface area contributed by atoms with Crippen LogP contribution < -0.4 is 10.2 Å². The summed E-state index contributed by atoms with van der Waals surface area (Å²) < 4.78 is 0. The first-order chi connectivity index (χ1) is 12.3. The summed E-state index contributed by atoms with van der Waals surface area (Å²) in [5, 5.41) is 3.65. The van der Waals surface area contributed by atoms with Crippen molar-refractivity contribution in [3.8, 4) is 0 Å². The van der Waals surface area contributed by atoms with E-state index in [1.54, 1.807) is 12.4 Å². The molecule has 0 spiro atoms. The molecule has 1 fully saturated rings. The van der Waals surface area contributed by atoms with E-state index in [4.69, 9.17) is 0 Å². The quantitative estimate of drug-likeness (QED) is 0.742. The maximum atomic E-state index is 4.48. The van der Waals surface area contributed by atoms with Crippen molar-refractivity contribution in [2.45, 2.75) is 26.7 Å². The Morgan fingerprint density at radius 3 is 2.56 bits per heavy atom. The average molecular weight is 342 g/mol. The average Bonchev–Trinajstić information content (AvgIpc) is 2.68. The monoisotopic (exact) mass is 342 g/mol. The van der Waals surface area contributed by atoms with E-state index in [1.807, 2.05) is 6.20 Å². The van der Waals surface area contributed by atoms with E-state index in [0.717, 1.165) is 62.9 Å². The van der Waals surface area contributed by atoms with E-state index in [1.165, 1.54) is 18.5 Å². The third kappa shape index (κ3) is 4.64. The van der Waals surface area contributed by atoms with E-state index in [0.29, 0.717) is 0 Å². The standard InChI is InChI=1S/C19H30N6/c1-3-24(4-2)14-11-20-15-16-6-12-25(13-7-16)17-5-8-22-19-18(17)21-9-10-23-19/h5,8-10,16,20H,3-4,6-7,11-15H2,1-2H3. The summed E-state index contributed by atoms with van der Waals surface area (Å²) >= 11 is 0. The summed E-state index contributed by atoms with van der Waals surface area (Å²) in [5.41, 5.74) is 2.83. The highest BCUT2D eigenvalue weighted by Gasteiger charge is 2.21. The third-order valence-electron chi connectivity index (χ3n) is 5.24. The maximum Gasteiger partial charge on any atom is 0.180 e. The Morgan fingerprint density at radius 1 is 1.08 bits per heavy atom. The Kier molecular flexibility index (Phi) is 6.53. The summed E-state index contributed by atoms with van der Waals surface area (Å²) in [4.78, 5) is 18.0. The zero-order valence-electron chi connectivity index (χ0n) is 15.5. The van der Waals surface area contributed by atoms with Crippen LogP contribution in [0.25, 0.3) is 11.2 Å². The number of pyridine rings is 1. The number of hydrogen-bond acceptors (Lipinski definition) is 6. The summed E-state index contributed by atoms with van der Waals surface area (Å²) in [7, 11) is 0. The number of fused-ring (bicyclic) bond motifs is 1. The fourth-order valence-corrected chi connectivity index (χ4v) is 3.58. The second-order valence-corrected chi connectivity index (χ2v) is 6.72. The van der Waals surface area contributed by atoms with Crippen molar-refractivity contribution >= 4 is 16.9 Å². The Morgan fingerprint density at radius 2 is 1.80 bits per heavy atom. The van der Waals surface area contributed by atoms with Gasteiger partial charge in [-0.1, -0.05) is 13.8 Å². The molecule has 0 saturated carbocycles. The van der Waals surface area contributed by atoms with Crippen LogP contribution in [0.4, 0.5) is 5.69 Å². The van der Waals surface area contributed by atoms with Crippen LogP contribution in [0.3, 0.4) is 0 Å². The summed E-state index contributed by atoms with van der Waals surface area (Å²) in [6.07, 6.45) is 7.74. The molecule has 25 heavy (non-hydrogen) atoms. The normalized spacial score (nSPS) is 16.0. The predicted octanol–water partition coefficient (Wildman–Crippen LogP) is 2.17. The Hall–Kier alpha value is -1.79. The third-order valence-corrected chi connectivity index (χ3v) is 5.24. The second-order valence-electron chi connectivity index (χ2n) is 6.72. The van der Waals surface area contributed by atoms with Crippen molar-refractivity contribution in [2.75, 3.05) is 50.7 Å². The molecule has 0 unspecified atom stereocenters. The van der Waals surface area contributed by atoms with Gasteiger partial charge in [-0.2, -0.15) is 0 Å². The van der Waals surface area contributed by atoms with Crippen LogP contribution >= 0.6 is 0 Å². The van der Waals surface area contributed by atoms with Gasteiger partial charge in [0, 0.05) is 44.8 Å². The Balaban J connectivity index is 1.47. The van der Waals surface area contributed by atoms with Crippen LogP contribution in [0.5, 0.6) is 0 Å². The fourth-order valence-electron chi connectivity index (χ4n) is 3.58. The lowest BCUT2D eigenvalue weighted by molar-refractivity contribution is 0.294. The molecular weight excluding hydrogens is 312 g/mol. The molecule has 6 heteroatoms. The Bertz CT molecular complexity index is 644. The molecule has 1 aliphatic rings. The minimum atomic E-state index is 0.736. The predicted molar refractivity (Wildman–Crippen MR) is 103 cm³/mol. The first-order valence-electron chi connectivity index (χ1n) is 9.55. The highest BCUT2D eigenvalue weighted by atomic mass is 15.2. The lowest BCUT2D eigenvalue weighted by atomic mass is 9.96. The lowest BCUT2D eigenvalue weighted by Crippen LogP contribution is -2.39. The van der Waals surface area contributed by atoms with Gasteiger partial charge in [0.2, 0.25) is 0 Å². The highest BCUT2D eigenvalue weighted by molar-refractivity contribution is 5.84. The number of nitrogens with zero attached hydrogens (tertiary/aromatic N) is 5. The molecule has 2 aromatic rings. The van der Waals surface area contributed by atoms with Crippen molar-refractivity contribution in [1.82, 2.24) is 25.2 Å². The van der Waals surface area contributed by atoms with Crippen molar-refractivity contribution < 1.29 is 0 Å². The van der Waals surface area contributed by atoms with E-state index in [-0.39, 0.29) is 0 Å². The molecule has 1 saturated heterocycles. The molecule has 0 bridgehead atoms. The van der Waals surface area contributed by atoms with Gasteiger partial charge in [-0.25, -0.2) is 15.0 Å². The number of hydrogen-bond donors (Lipinski definition) is 1. The molecule has 3 rings (SSSR count). The molecule has 0 radical (unpaired) electrons. The molecular formula is C19H30N6. The molecule has 1 aliphatic heterocycles. The van der Waals surface area contributed by atoms with Gasteiger partial charge in [-0.15, -0.1) is 0 Å². The second kappa shape index (κ2) is 9.06. The summed E-state index contributed by atoms with van der Waals surface area (Å²) in [5.74, 6) is 0.770. The van der Waals surface area contributed by atoms with Gasteiger partial charge < -0.3 is 15.1 Å². The van der Waals surface area contributed by atoms with Crippen LogP contribution in [-0.4, -0.2) is 65.7 Å². The largest absolute Gasteiger partial charge is 0.370 e. The van der Waals surface area contributed by atoms with Gasteiger partial charge in [-0.3, -0.25) is 0 Å². The van der Waals surface area contributed by atoms with Gasteiger partial charge in [-0.05, 0) is 44.5 Å². The zero-order valence-corrected chi connectivity index (χ0v) is 15.5. The van der Waals surface area contributed by atoms with Gasteiger partial charge >= 0.3 is 0 Å². The van der Waals surface area contributed by atoms with E-state index in [2.05, 4.69) is 50.0 Å². The number of piperidine rings is 1. The van der Waals surface area contributed by atoms with Crippen LogP contribution in [0.2, 0.25) is 0 Å². The van der Waals surface area contributed by atoms with Crippen molar-refractivity contribution in [3.05, 3.63) is 24.7 Å². The number of nitrogens with one attached hydrogen (secondary N) is 1. The number of aromatic nitrogens is 3. The van der Waals surface area contributed by atoms with E-state index < -0.39 is 0 Å². The fraction of sp³-hybridized carbons (Fsp3) is 0.632. The zero-order chi connectivity index (χ0) is 17.5. The van der Waals surface area contributed by atoms with Gasteiger partial charge in [0.25, 0.3) is 0 Å². The SMILES string of the molecule is CCN(CC)CCNCC1CCN(c2ccnc3nccnc23)CC1. The van der Waals surface area contributed by atoms with Crippen LogP contribution in [0, 0.1) is 5.92 Å². The lowest BCUT2D eigenvalue weighted by Gasteiger charge is -2.34. The first-order valence-corrected chi connectivity index (χ1v) is 9.55. The van der Waals surface area contributed by atoms with Gasteiger partial charge in [0.15, 0.2) is 5.65 Å². The maximum absolute atomic E-state index is 4.48. The van der Waals surface area contributed by atoms with Crippen LogP contribution in [0.1, 0.15) is 26.7 Å². The van der Waals surface area contributed by atoms with Crippen LogP contribution in [0.15, 0.2) is 24.7 Å². The molecule has 136 valence electrons. The molecule has 3 heterocycles. The topological polar surface area (TPSA) is 57.2 Å². The minimum Gasteiger partial charge on any atom is -0.370 e. The summed E-state index contributed by atoms with van der Waals surface area (Å²) in [6, 6.07) is 2.07. The smallest absolute Gasteiger partial charge is 0.180 e. The molecule has 1 N–H and O–H groups in total. The summed E-state index contributed by atoms with van der Waals surface area (Å²) in [6.45, 7) is 12.3. The van der Waals surface area contributed by atoms with Crippen molar-refractivity contribution in [3.63, 3.8) is 0 Å². The van der Waals surface area contributed by atoms with Gasteiger partial charge in [0.1, 0.15) is 5.52 Å². The molecule has 0 amide bonds. The first kappa shape index (κ1) is 18.0. The number of anilines is 1. The number of rotatable bonds is 8. The van der Waals surface area contributed by atoms with Crippen LogP contribution in [-0.2, 0) is 0 Å². The van der Waals surface area contributed by atoms with Gasteiger partial charge in [0.05, 0.1) is 5.69 Å². The molecule has 6 nitrogen and oxygen atoms in total. The molecule has 0 atom stereocenters. The highest BCUT2D eigenvalue weighted by Crippen LogP contribution is 2.26. The molecule has 0 aliphatic carbocycles. The van der Waals surface area contributed by atoms with Crippen molar-refractivity contribution in [2.24, 2.45) is 5.92 Å². The Labute approximate surface area is 150 Å². The van der Waals surface area contributed by atoms with Crippen molar-refractivity contribution in [1.29, 1.82) is 0 Å². The minimum absolute atomic E-state index is 0.736. The molecule has 0 aromatic carbocycles. The van der Waals surface area contributed by atoms with E-state index >= 15 is 0 Å². The number of likely N-dealkylation sites (N-methyl/N-ethyl adjacent to an activating group) is 1. The molecule has 2 aromatic heterocycles.